The average molecular weight is 310 g/mol. The SMILES string of the molecule is CCC12CC3CN(C1)[C@@H](C2)[C@@H](c1ccnc2ccc(O)cc12)O3. The van der Waals surface area contributed by atoms with E-state index >= 15 is 0 Å². The van der Waals surface area contributed by atoms with Crippen LogP contribution in [0.5, 0.6) is 5.75 Å². The molecule has 5 rings (SSSR count). The first-order chi connectivity index (χ1) is 11.2. The van der Waals surface area contributed by atoms with E-state index in [1.54, 1.807) is 6.07 Å². The summed E-state index contributed by atoms with van der Waals surface area (Å²) in [7, 11) is 0. The third kappa shape index (κ3) is 1.95. The third-order valence-electron chi connectivity index (χ3n) is 6.25. The van der Waals surface area contributed by atoms with Gasteiger partial charge < -0.3 is 9.84 Å². The van der Waals surface area contributed by atoms with Crippen LogP contribution in [0.3, 0.4) is 0 Å². The number of piperidine rings is 1. The Balaban J connectivity index is 1.62. The molecule has 3 aliphatic rings. The lowest BCUT2D eigenvalue weighted by molar-refractivity contribution is -0.125. The Labute approximate surface area is 136 Å². The van der Waals surface area contributed by atoms with Crippen molar-refractivity contribution in [1.82, 2.24) is 9.88 Å². The highest BCUT2D eigenvalue weighted by Gasteiger charge is 2.55. The number of hydrogen-bond acceptors (Lipinski definition) is 4. The van der Waals surface area contributed by atoms with Gasteiger partial charge in [0.05, 0.1) is 17.7 Å². The van der Waals surface area contributed by atoms with Crippen molar-refractivity contribution < 1.29 is 9.84 Å². The molecule has 1 aromatic carbocycles. The number of benzene rings is 1. The van der Waals surface area contributed by atoms with Crippen LogP contribution in [0.4, 0.5) is 0 Å². The quantitative estimate of drug-likeness (QED) is 0.925. The lowest BCUT2D eigenvalue weighted by atomic mass is 9.77. The number of ether oxygens (including phenoxy) is 1. The van der Waals surface area contributed by atoms with Crippen molar-refractivity contribution in [2.45, 2.75) is 44.4 Å². The average Bonchev–Trinajstić information content (AvgIpc) is 2.76. The Bertz CT molecular complexity index is 777. The van der Waals surface area contributed by atoms with Crippen molar-refractivity contribution >= 4 is 10.9 Å². The summed E-state index contributed by atoms with van der Waals surface area (Å²) in [6.07, 6.45) is 5.97. The zero-order valence-electron chi connectivity index (χ0n) is 13.4. The highest BCUT2D eigenvalue weighted by molar-refractivity contribution is 5.83. The molecule has 0 saturated carbocycles. The van der Waals surface area contributed by atoms with Crippen molar-refractivity contribution in [3.8, 4) is 5.75 Å². The molecule has 2 aromatic rings. The lowest BCUT2D eigenvalue weighted by Gasteiger charge is -2.44. The normalized spacial score (nSPS) is 38.3. The lowest BCUT2D eigenvalue weighted by Crippen LogP contribution is -2.51. The predicted octanol–water partition coefficient (Wildman–Crippen LogP) is 3.25. The summed E-state index contributed by atoms with van der Waals surface area (Å²) < 4.78 is 6.52. The van der Waals surface area contributed by atoms with Crippen LogP contribution in [-0.2, 0) is 4.74 Å². The molecule has 4 nitrogen and oxygen atoms in total. The Kier molecular flexibility index (Phi) is 2.80. The molecule has 0 radical (unpaired) electrons. The number of hydrogen-bond donors (Lipinski definition) is 1. The Hall–Kier alpha value is -1.65. The van der Waals surface area contributed by atoms with Crippen LogP contribution < -0.4 is 0 Å². The molecular formula is C19H22N2O2. The van der Waals surface area contributed by atoms with Gasteiger partial charge in [-0.05, 0) is 54.5 Å². The molecule has 4 heteroatoms. The molecule has 0 amide bonds. The fraction of sp³-hybridized carbons (Fsp3) is 0.526. The molecule has 4 heterocycles. The summed E-state index contributed by atoms with van der Waals surface area (Å²) in [6, 6.07) is 7.95. The number of aromatic nitrogens is 1. The van der Waals surface area contributed by atoms with Crippen molar-refractivity contribution in [1.29, 1.82) is 0 Å². The summed E-state index contributed by atoms with van der Waals surface area (Å²) in [5.41, 5.74) is 2.56. The van der Waals surface area contributed by atoms with Crippen molar-refractivity contribution in [3.63, 3.8) is 0 Å². The Morgan fingerprint density at radius 3 is 3.13 bits per heavy atom. The second-order valence-electron chi connectivity index (χ2n) is 7.54. The maximum atomic E-state index is 9.90. The first-order valence-corrected chi connectivity index (χ1v) is 8.65. The van der Waals surface area contributed by atoms with Gasteiger partial charge in [0.1, 0.15) is 5.75 Å². The fourth-order valence-electron chi connectivity index (χ4n) is 5.11. The van der Waals surface area contributed by atoms with Crippen LogP contribution in [0.25, 0.3) is 10.9 Å². The molecule has 23 heavy (non-hydrogen) atoms. The minimum Gasteiger partial charge on any atom is -0.508 e. The second-order valence-corrected chi connectivity index (χ2v) is 7.54. The maximum Gasteiger partial charge on any atom is 0.116 e. The topological polar surface area (TPSA) is 45.6 Å². The minimum atomic E-state index is 0.0944. The largest absolute Gasteiger partial charge is 0.508 e. The molecule has 1 aromatic heterocycles. The summed E-state index contributed by atoms with van der Waals surface area (Å²) in [5, 5.41) is 10.9. The maximum absolute atomic E-state index is 9.90. The van der Waals surface area contributed by atoms with E-state index in [9.17, 15) is 5.11 Å². The van der Waals surface area contributed by atoms with E-state index in [1.165, 1.54) is 31.4 Å². The molecule has 3 unspecified atom stereocenters. The van der Waals surface area contributed by atoms with E-state index in [4.69, 9.17) is 4.74 Å². The van der Waals surface area contributed by atoms with Crippen molar-refractivity contribution in [2.75, 3.05) is 13.1 Å². The Morgan fingerprint density at radius 1 is 1.35 bits per heavy atom. The molecular weight excluding hydrogens is 288 g/mol. The van der Waals surface area contributed by atoms with Crippen LogP contribution in [0.2, 0.25) is 0 Å². The highest BCUT2D eigenvalue weighted by Crippen LogP contribution is 2.54. The van der Waals surface area contributed by atoms with Gasteiger partial charge in [-0.15, -0.1) is 0 Å². The molecule has 5 atom stereocenters. The molecule has 3 saturated heterocycles. The number of fused-ring (bicyclic) bond motifs is 3. The smallest absolute Gasteiger partial charge is 0.116 e. The van der Waals surface area contributed by atoms with Gasteiger partial charge in [-0.2, -0.15) is 0 Å². The summed E-state index contributed by atoms with van der Waals surface area (Å²) in [6.45, 7) is 4.62. The minimum absolute atomic E-state index is 0.0944. The van der Waals surface area contributed by atoms with Gasteiger partial charge in [0.15, 0.2) is 0 Å². The molecule has 120 valence electrons. The fourth-order valence-corrected chi connectivity index (χ4v) is 5.11. The van der Waals surface area contributed by atoms with E-state index in [0.717, 1.165) is 17.4 Å². The van der Waals surface area contributed by atoms with E-state index in [-0.39, 0.29) is 6.10 Å². The van der Waals surface area contributed by atoms with Crippen LogP contribution in [0.15, 0.2) is 30.5 Å². The zero-order valence-corrected chi connectivity index (χ0v) is 13.4. The summed E-state index contributed by atoms with van der Waals surface area (Å²) in [5.74, 6) is 0.292. The third-order valence-corrected chi connectivity index (χ3v) is 6.25. The van der Waals surface area contributed by atoms with Crippen molar-refractivity contribution in [2.24, 2.45) is 5.41 Å². The van der Waals surface area contributed by atoms with Gasteiger partial charge >= 0.3 is 0 Å². The Morgan fingerprint density at radius 2 is 2.26 bits per heavy atom. The summed E-state index contributed by atoms with van der Waals surface area (Å²) >= 11 is 0. The molecule has 0 aliphatic carbocycles. The molecule has 3 fully saturated rings. The van der Waals surface area contributed by atoms with Crippen LogP contribution in [0.1, 0.15) is 37.9 Å². The molecule has 0 spiro atoms. The van der Waals surface area contributed by atoms with E-state index in [2.05, 4.69) is 22.9 Å². The van der Waals surface area contributed by atoms with Gasteiger partial charge in [0.2, 0.25) is 0 Å². The highest BCUT2D eigenvalue weighted by atomic mass is 16.5. The van der Waals surface area contributed by atoms with Gasteiger partial charge in [-0.25, -0.2) is 0 Å². The molecule has 3 bridgehead atoms. The summed E-state index contributed by atoms with van der Waals surface area (Å²) in [4.78, 5) is 7.08. The number of aromatic hydroxyl groups is 1. The standard InChI is InChI=1S/C19H22N2O2/c1-2-19-8-13-10-21(11-19)17(9-19)18(23-13)14-5-6-20-16-4-3-12(22)7-15(14)16/h3-7,13,17-18,22H,2,8-11H2,1H3/t13?,17-,18+,19?/m0/s1. The number of nitrogens with zero attached hydrogens (tertiary/aromatic N) is 2. The van der Waals surface area contributed by atoms with Crippen LogP contribution in [-0.4, -0.2) is 40.2 Å². The second kappa shape index (κ2) is 4.68. The first-order valence-electron chi connectivity index (χ1n) is 8.65. The molecule has 1 N–H and O–H groups in total. The number of morpholine rings is 1. The van der Waals surface area contributed by atoms with E-state index in [0.29, 0.717) is 23.3 Å². The monoisotopic (exact) mass is 310 g/mol. The number of phenols is 1. The van der Waals surface area contributed by atoms with Gasteiger partial charge in [-0.3, -0.25) is 9.88 Å². The number of pyridine rings is 1. The van der Waals surface area contributed by atoms with Gasteiger partial charge in [0, 0.05) is 30.7 Å². The van der Waals surface area contributed by atoms with Crippen molar-refractivity contribution in [3.05, 3.63) is 36.0 Å². The van der Waals surface area contributed by atoms with Gasteiger partial charge in [0.25, 0.3) is 0 Å². The van der Waals surface area contributed by atoms with Crippen LogP contribution in [0, 0.1) is 5.41 Å². The zero-order chi connectivity index (χ0) is 15.6. The van der Waals surface area contributed by atoms with Gasteiger partial charge in [-0.1, -0.05) is 6.92 Å². The van der Waals surface area contributed by atoms with Crippen LogP contribution >= 0.6 is 0 Å². The molecule has 3 aliphatic heterocycles. The van der Waals surface area contributed by atoms with E-state index < -0.39 is 0 Å². The number of phenolic OH excluding ortho intramolecular Hbond substituents is 1. The number of rotatable bonds is 2. The predicted molar refractivity (Wildman–Crippen MR) is 88.3 cm³/mol. The first kappa shape index (κ1) is 13.8. The van der Waals surface area contributed by atoms with E-state index in [1.807, 2.05) is 18.3 Å².